The third-order valence-electron chi connectivity index (χ3n) is 3.40. The normalized spacial score (nSPS) is 18.5. The van der Waals surface area contributed by atoms with E-state index in [1.165, 1.54) is 0 Å². The van der Waals surface area contributed by atoms with E-state index in [0.717, 1.165) is 25.1 Å². The van der Waals surface area contributed by atoms with Crippen LogP contribution in [0.25, 0.3) is 0 Å². The Morgan fingerprint density at radius 2 is 2.24 bits per heavy atom. The maximum absolute atomic E-state index is 12.1. The zero-order valence-electron chi connectivity index (χ0n) is 12.6. The lowest BCUT2D eigenvalue weighted by Gasteiger charge is -2.32. The smallest absolute Gasteiger partial charge is 0.410 e. The van der Waals surface area contributed by atoms with Crippen LogP contribution in [0, 0.1) is 0 Å². The van der Waals surface area contributed by atoms with Crippen molar-refractivity contribution >= 4 is 6.09 Å². The van der Waals surface area contributed by atoms with Crippen LogP contribution in [0.2, 0.25) is 0 Å². The molecule has 1 aliphatic rings. The van der Waals surface area contributed by atoms with Crippen LogP contribution in [-0.4, -0.2) is 49.9 Å². The molecular weight excluding hydrogens is 268 g/mol. The molecule has 1 heterocycles. The number of amides is 1. The van der Waals surface area contributed by atoms with Gasteiger partial charge >= 0.3 is 6.09 Å². The number of carbonyl (C=O) groups is 1. The molecule has 1 aliphatic heterocycles. The topological polar surface area (TPSA) is 50.8 Å². The van der Waals surface area contributed by atoms with E-state index in [2.05, 4.69) is 12.2 Å². The summed E-state index contributed by atoms with van der Waals surface area (Å²) in [6.45, 7) is 5.94. The molecule has 1 N–H and O–H groups in total. The van der Waals surface area contributed by atoms with Crippen LogP contribution in [0.15, 0.2) is 30.3 Å². The summed E-state index contributed by atoms with van der Waals surface area (Å²) in [4.78, 5) is 13.8. The minimum atomic E-state index is -0.261. The van der Waals surface area contributed by atoms with Gasteiger partial charge in [-0.15, -0.1) is 0 Å². The summed E-state index contributed by atoms with van der Waals surface area (Å²) in [5, 5.41) is 3.32. The van der Waals surface area contributed by atoms with Crippen molar-refractivity contribution in [2.45, 2.75) is 26.1 Å². The molecular formula is C16H24N2O3. The predicted molar refractivity (Wildman–Crippen MR) is 81.1 cm³/mol. The minimum Gasteiger partial charge on any atom is -0.445 e. The van der Waals surface area contributed by atoms with Gasteiger partial charge in [0, 0.05) is 13.1 Å². The zero-order valence-corrected chi connectivity index (χ0v) is 12.6. The summed E-state index contributed by atoms with van der Waals surface area (Å²) in [6, 6.07) is 9.72. The van der Waals surface area contributed by atoms with E-state index in [9.17, 15) is 4.79 Å². The number of hydrogen-bond acceptors (Lipinski definition) is 4. The Balaban J connectivity index is 1.74. The molecule has 21 heavy (non-hydrogen) atoms. The third kappa shape index (κ3) is 5.36. The number of rotatable bonds is 6. The minimum absolute atomic E-state index is 0.0505. The SMILES string of the molecule is CCCNCC1CN(C(=O)OCc2ccccc2)CCO1. The van der Waals surface area contributed by atoms with Gasteiger partial charge in [0.25, 0.3) is 0 Å². The Bertz CT molecular complexity index is 425. The highest BCUT2D eigenvalue weighted by molar-refractivity contribution is 5.67. The molecule has 0 spiro atoms. The van der Waals surface area contributed by atoms with Crippen molar-refractivity contribution in [1.82, 2.24) is 10.2 Å². The summed E-state index contributed by atoms with van der Waals surface area (Å²) >= 11 is 0. The summed E-state index contributed by atoms with van der Waals surface area (Å²) in [5.74, 6) is 0. The molecule has 5 nitrogen and oxygen atoms in total. The van der Waals surface area contributed by atoms with E-state index in [1.54, 1.807) is 4.90 Å². The van der Waals surface area contributed by atoms with E-state index in [-0.39, 0.29) is 12.2 Å². The predicted octanol–water partition coefficient (Wildman–Crippen LogP) is 2.02. The molecule has 0 aliphatic carbocycles. The fraction of sp³-hybridized carbons (Fsp3) is 0.562. The maximum Gasteiger partial charge on any atom is 0.410 e. The van der Waals surface area contributed by atoms with Gasteiger partial charge in [-0.25, -0.2) is 4.79 Å². The van der Waals surface area contributed by atoms with Gasteiger partial charge in [-0.05, 0) is 18.5 Å². The van der Waals surface area contributed by atoms with Gasteiger partial charge in [0.15, 0.2) is 0 Å². The van der Waals surface area contributed by atoms with Crippen molar-refractivity contribution in [3.63, 3.8) is 0 Å². The molecule has 1 amide bonds. The first kappa shape index (κ1) is 15.8. The molecule has 1 aromatic rings. The third-order valence-corrected chi connectivity index (χ3v) is 3.40. The first-order valence-electron chi connectivity index (χ1n) is 7.57. The average Bonchev–Trinajstić information content (AvgIpc) is 2.54. The van der Waals surface area contributed by atoms with Gasteiger partial charge in [-0.2, -0.15) is 0 Å². The largest absolute Gasteiger partial charge is 0.445 e. The second-order valence-corrected chi connectivity index (χ2v) is 5.18. The van der Waals surface area contributed by atoms with Crippen molar-refractivity contribution in [2.24, 2.45) is 0 Å². The van der Waals surface area contributed by atoms with Crippen molar-refractivity contribution in [3.8, 4) is 0 Å². The van der Waals surface area contributed by atoms with Crippen LogP contribution < -0.4 is 5.32 Å². The molecule has 0 radical (unpaired) electrons. The van der Waals surface area contributed by atoms with E-state index in [4.69, 9.17) is 9.47 Å². The highest BCUT2D eigenvalue weighted by Gasteiger charge is 2.24. The van der Waals surface area contributed by atoms with Crippen LogP contribution in [0.4, 0.5) is 4.79 Å². The molecule has 1 unspecified atom stereocenters. The lowest BCUT2D eigenvalue weighted by Crippen LogP contribution is -2.49. The zero-order chi connectivity index (χ0) is 14.9. The Kier molecular flexibility index (Phi) is 6.50. The lowest BCUT2D eigenvalue weighted by molar-refractivity contribution is -0.0269. The monoisotopic (exact) mass is 292 g/mol. The number of carbonyl (C=O) groups excluding carboxylic acids is 1. The first-order valence-corrected chi connectivity index (χ1v) is 7.57. The van der Waals surface area contributed by atoms with Crippen LogP contribution >= 0.6 is 0 Å². The number of morpholine rings is 1. The molecule has 0 aromatic heterocycles. The summed E-state index contributed by atoms with van der Waals surface area (Å²) < 4.78 is 11.0. The van der Waals surface area contributed by atoms with Crippen molar-refractivity contribution in [3.05, 3.63) is 35.9 Å². The van der Waals surface area contributed by atoms with Gasteiger partial charge in [-0.3, -0.25) is 0 Å². The number of hydrogen-bond donors (Lipinski definition) is 1. The molecule has 116 valence electrons. The van der Waals surface area contributed by atoms with E-state index in [1.807, 2.05) is 30.3 Å². The fourth-order valence-corrected chi connectivity index (χ4v) is 2.26. The van der Waals surface area contributed by atoms with E-state index >= 15 is 0 Å². The number of nitrogens with one attached hydrogen (secondary N) is 1. The lowest BCUT2D eigenvalue weighted by atomic mass is 10.2. The molecule has 5 heteroatoms. The van der Waals surface area contributed by atoms with Crippen LogP contribution in [0.5, 0.6) is 0 Å². The molecule has 1 atom stereocenters. The molecule has 1 aromatic carbocycles. The number of benzene rings is 1. The highest BCUT2D eigenvalue weighted by Crippen LogP contribution is 2.08. The van der Waals surface area contributed by atoms with Crippen LogP contribution in [0.1, 0.15) is 18.9 Å². The quantitative estimate of drug-likeness (QED) is 0.815. The van der Waals surface area contributed by atoms with Gasteiger partial charge in [0.05, 0.1) is 19.3 Å². The van der Waals surface area contributed by atoms with Gasteiger partial charge in [0.1, 0.15) is 6.61 Å². The molecule has 1 fully saturated rings. The Hall–Kier alpha value is -1.59. The Morgan fingerprint density at radius 3 is 3.00 bits per heavy atom. The van der Waals surface area contributed by atoms with E-state index < -0.39 is 0 Å². The number of nitrogens with zero attached hydrogens (tertiary/aromatic N) is 1. The van der Waals surface area contributed by atoms with Gasteiger partial charge in [0.2, 0.25) is 0 Å². The molecule has 2 rings (SSSR count). The average molecular weight is 292 g/mol. The van der Waals surface area contributed by atoms with Crippen molar-refractivity contribution < 1.29 is 14.3 Å². The molecule has 0 bridgehead atoms. The van der Waals surface area contributed by atoms with Crippen LogP contribution in [-0.2, 0) is 16.1 Å². The Labute approximate surface area is 126 Å². The maximum atomic E-state index is 12.1. The van der Waals surface area contributed by atoms with Crippen molar-refractivity contribution in [1.29, 1.82) is 0 Å². The molecule has 0 saturated carbocycles. The summed E-state index contributed by atoms with van der Waals surface area (Å²) in [7, 11) is 0. The summed E-state index contributed by atoms with van der Waals surface area (Å²) in [5.41, 5.74) is 1.00. The van der Waals surface area contributed by atoms with Crippen LogP contribution in [0.3, 0.4) is 0 Å². The van der Waals surface area contributed by atoms with Gasteiger partial charge in [-0.1, -0.05) is 37.3 Å². The van der Waals surface area contributed by atoms with Gasteiger partial charge < -0.3 is 19.7 Å². The standard InChI is InChI=1S/C16H24N2O3/c1-2-8-17-11-15-12-18(9-10-20-15)16(19)21-13-14-6-4-3-5-7-14/h3-7,15,17H,2,8-13H2,1H3. The second-order valence-electron chi connectivity index (χ2n) is 5.18. The second kappa shape index (κ2) is 8.64. The van der Waals surface area contributed by atoms with E-state index in [0.29, 0.717) is 26.3 Å². The fourth-order valence-electron chi connectivity index (χ4n) is 2.26. The highest BCUT2D eigenvalue weighted by atomic mass is 16.6. The summed E-state index contributed by atoms with van der Waals surface area (Å²) in [6.07, 6.45) is 0.882. The number of ether oxygens (including phenoxy) is 2. The molecule has 1 saturated heterocycles. The Morgan fingerprint density at radius 1 is 1.43 bits per heavy atom. The van der Waals surface area contributed by atoms with Crippen molar-refractivity contribution in [2.75, 3.05) is 32.8 Å². The first-order chi connectivity index (χ1) is 10.3.